The number of imidazole rings is 1. The molecule has 0 atom stereocenters. The van der Waals surface area contributed by atoms with Gasteiger partial charge in [0.15, 0.2) is 12.3 Å². The van der Waals surface area contributed by atoms with Crippen LogP contribution in [0.4, 0.5) is 33.6 Å². The highest BCUT2D eigenvalue weighted by molar-refractivity contribution is 6.39. The first kappa shape index (κ1) is 34.4. The topological polar surface area (TPSA) is 141 Å². The second-order valence-corrected chi connectivity index (χ2v) is 12.1. The molecule has 17 heteroatoms. The van der Waals surface area contributed by atoms with Crippen molar-refractivity contribution in [3.05, 3.63) is 39.4 Å². The zero-order valence-corrected chi connectivity index (χ0v) is 25.6. The Hall–Kier alpha value is -3.43. The third-order valence-corrected chi connectivity index (χ3v) is 8.16. The van der Waals surface area contributed by atoms with E-state index in [2.05, 4.69) is 30.9 Å². The second kappa shape index (κ2) is 13.9. The van der Waals surface area contributed by atoms with Crippen molar-refractivity contribution in [3.8, 4) is 5.88 Å². The van der Waals surface area contributed by atoms with Crippen LogP contribution in [-0.2, 0) is 11.3 Å². The summed E-state index contributed by atoms with van der Waals surface area (Å²) >= 11 is 12.9. The minimum Gasteiger partial charge on any atom is -0.471 e. The smallest absolute Gasteiger partial charge is 0.391 e. The van der Waals surface area contributed by atoms with Crippen molar-refractivity contribution in [3.63, 3.8) is 0 Å². The van der Waals surface area contributed by atoms with E-state index in [9.17, 15) is 36.6 Å². The van der Waals surface area contributed by atoms with Crippen LogP contribution < -0.4 is 20.7 Å². The predicted octanol–water partition coefficient (Wildman–Crippen LogP) is 6.14. The Bertz CT molecular complexity index is 1540. The highest BCUT2D eigenvalue weighted by Gasteiger charge is 2.41. The summed E-state index contributed by atoms with van der Waals surface area (Å²) in [7, 11) is 0. The molecule has 2 aromatic heterocycles. The number of hydrogen-bond acceptors (Lipinski definition) is 7. The molecule has 1 saturated carbocycles. The Morgan fingerprint density at radius 3 is 2.44 bits per heavy atom. The molecule has 1 aromatic carbocycles. The lowest BCUT2D eigenvalue weighted by molar-refractivity contribution is -0.182. The summed E-state index contributed by atoms with van der Waals surface area (Å²) < 4.78 is 70.2. The third kappa shape index (κ3) is 8.44. The summed E-state index contributed by atoms with van der Waals surface area (Å²) in [5, 5.41) is 18.0. The van der Waals surface area contributed by atoms with Crippen molar-refractivity contribution >= 4 is 57.8 Å². The van der Waals surface area contributed by atoms with Gasteiger partial charge < -0.3 is 30.8 Å². The number of carbonyl (C=O) groups is 2. The van der Waals surface area contributed by atoms with Gasteiger partial charge in [0.25, 0.3) is 12.3 Å². The average molecular weight is 681 g/mol. The minimum absolute atomic E-state index is 0.00843. The number of benzene rings is 1. The molecule has 5 N–H and O–H groups in total. The summed E-state index contributed by atoms with van der Waals surface area (Å²) in [6.07, 6.45) is -7.27. The van der Waals surface area contributed by atoms with Gasteiger partial charge in [-0.1, -0.05) is 29.3 Å². The van der Waals surface area contributed by atoms with E-state index < -0.39 is 54.3 Å². The Kier molecular flexibility index (Phi) is 10.6. The number of carbonyl (C=O) groups excluding carboxylic acids is 2. The van der Waals surface area contributed by atoms with Gasteiger partial charge >= 0.3 is 6.18 Å². The number of halogens is 7. The van der Waals surface area contributed by atoms with Gasteiger partial charge in [0, 0.05) is 12.6 Å². The van der Waals surface area contributed by atoms with Crippen LogP contribution in [0.25, 0.3) is 11.2 Å². The van der Waals surface area contributed by atoms with Gasteiger partial charge in [-0.15, -0.1) is 0 Å². The molecule has 1 aliphatic carbocycles. The predicted molar refractivity (Wildman–Crippen MR) is 157 cm³/mol. The Labute approximate surface area is 264 Å². The van der Waals surface area contributed by atoms with E-state index in [0.717, 1.165) is 0 Å². The number of fused-ring (bicyclic) bond motifs is 1. The molecule has 0 radical (unpaired) electrons. The summed E-state index contributed by atoms with van der Waals surface area (Å²) in [6.45, 7) is 1.76. The molecule has 10 nitrogen and oxygen atoms in total. The van der Waals surface area contributed by atoms with Gasteiger partial charge in [0.1, 0.15) is 5.56 Å². The van der Waals surface area contributed by atoms with E-state index in [1.165, 1.54) is 12.1 Å². The first-order valence-corrected chi connectivity index (χ1v) is 14.7. The lowest BCUT2D eigenvalue weighted by atomic mass is 9.85. The zero-order valence-electron chi connectivity index (χ0n) is 24.1. The quantitative estimate of drug-likeness (QED) is 0.153. The van der Waals surface area contributed by atoms with E-state index in [4.69, 9.17) is 27.9 Å². The van der Waals surface area contributed by atoms with Crippen LogP contribution in [0.3, 0.4) is 0 Å². The number of aliphatic hydroxyl groups excluding tert-OH is 1. The van der Waals surface area contributed by atoms with Crippen LogP contribution in [0.2, 0.25) is 10.0 Å². The number of amides is 2. The third-order valence-electron chi connectivity index (χ3n) is 7.42. The Morgan fingerprint density at radius 1 is 1.13 bits per heavy atom. The van der Waals surface area contributed by atoms with Crippen LogP contribution in [0.1, 0.15) is 55.5 Å². The lowest BCUT2D eigenvalue weighted by Crippen LogP contribution is -2.40. The van der Waals surface area contributed by atoms with Crippen molar-refractivity contribution in [2.45, 2.75) is 64.7 Å². The molecule has 3 aromatic rings. The fourth-order valence-electron chi connectivity index (χ4n) is 4.68. The van der Waals surface area contributed by atoms with Crippen molar-refractivity contribution in [2.75, 3.05) is 18.5 Å². The maximum atomic E-state index is 13.1. The Balaban J connectivity index is 1.56. The average Bonchev–Trinajstić information content (AvgIpc) is 3.38. The molecule has 4 rings (SSSR count). The van der Waals surface area contributed by atoms with Gasteiger partial charge in [-0.25, -0.2) is 8.78 Å². The number of aromatic amines is 1. The Morgan fingerprint density at radius 2 is 1.82 bits per heavy atom. The van der Waals surface area contributed by atoms with Gasteiger partial charge in [-0.3, -0.25) is 9.59 Å². The maximum absolute atomic E-state index is 13.1. The minimum atomic E-state index is -4.31. The molecule has 0 spiro atoms. The van der Waals surface area contributed by atoms with Crippen molar-refractivity contribution in [2.24, 2.45) is 11.3 Å². The van der Waals surface area contributed by atoms with Crippen molar-refractivity contribution in [1.29, 1.82) is 0 Å². The number of alkyl halides is 5. The number of aliphatic hydroxyl groups is 1. The van der Waals surface area contributed by atoms with Crippen molar-refractivity contribution < 1.29 is 41.4 Å². The standard InChI is InChI=1S/C28H31Cl2F5N6O4/c1-27(2,12-42)25(44)36-10-13-3-8-17(29)21(20(13)30)39-26-38-18-9-16(24(40-22(18)41-26)45-11-19(31)32)23(43)37-15-6-4-14(5-7-15)28(33,34)35/h3,8-9,14-15,19,42H,4-7,10-12H2,1-2H3,(H,36,44)(H,37,43)(H2,38,39,40,41). The van der Waals surface area contributed by atoms with Crippen LogP contribution >= 0.6 is 23.2 Å². The number of hydrogen-bond donors (Lipinski definition) is 5. The largest absolute Gasteiger partial charge is 0.471 e. The summed E-state index contributed by atoms with van der Waals surface area (Å²) in [4.78, 5) is 36.8. The molecule has 45 heavy (non-hydrogen) atoms. The van der Waals surface area contributed by atoms with Crippen molar-refractivity contribution in [1.82, 2.24) is 25.6 Å². The van der Waals surface area contributed by atoms with E-state index in [-0.39, 0.29) is 77.2 Å². The summed E-state index contributed by atoms with van der Waals surface area (Å²) in [5.74, 6) is -2.95. The second-order valence-electron chi connectivity index (χ2n) is 11.3. The number of aromatic nitrogens is 3. The van der Waals surface area contributed by atoms with Crippen LogP contribution in [0.15, 0.2) is 18.2 Å². The highest BCUT2D eigenvalue weighted by atomic mass is 35.5. The molecule has 0 bridgehead atoms. The molecule has 0 saturated heterocycles. The fourth-order valence-corrected chi connectivity index (χ4v) is 5.21. The molecule has 2 heterocycles. The fraction of sp³-hybridized carbons (Fsp3) is 0.500. The SMILES string of the molecule is CC(C)(CO)C(=O)NCc1ccc(Cl)c(Nc2nc3nc(OCC(F)F)c(C(=O)NC4CCC(C(F)(F)F)CC4)cc3[nH]2)c1Cl. The van der Waals surface area contributed by atoms with Gasteiger partial charge in [-0.2, -0.15) is 23.1 Å². The van der Waals surface area contributed by atoms with Crippen LogP contribution in [0.5, 0.6) is 5.88 Å². The number of anilines is 2. The number of ether oxygens (including phenoxy) is 1. The molecule has 0 aliphatic heterocycles. The number of nitrogens with one attached hydrogen (secondary N) is 4. The molecule has 1 fully saturated rings. The van der Waals surface area contributed by atoms with E-state index >= 15 is 0 Å². The summed E-state index contributed by atoms with van der Waals surface area (Å²) in [6, 6.07) is 3.88. The highest BCUT2D eigenvalue weighted by Crippen LogP contribution is 2.38. The summed E-state index contributed by atoms with van der Waals surface area (Å²) in [5.41, 5.74) is -0.323. The van der Waals surface area contributed by atoms with Gasteiger partial charge in [0.2, 0.25) is 17.7 Å². The lowest BCUT2D eigenvalue weighted by Gasteiger charge is -2.30. The molecule has 246 valence electrons. The first-order chi connectivity index (χ1) is 21.1. The van der Waals surface area contributed by atoms with Gasteiger partial charge in [-0.05, 0) is 57.2 Å². The van der Waals surface area contributed by atoms with Crippen LogP contribution in [0, 0.1) is 11.3 Å². The number of rotatable bonds is 11. The van der Waals surface area contributed by atoms with E-state index in [1.54, 1.807) is 19.9 Å². The number of H-pyrrole nitrogens is 1. The molecule has 0 unspecified atom stereocenters. The number of pyridine rings is 1. The molecule has 1 aliphatic rings. The van der Waals surface area contributed by atoms with E-state index in [1.807, 2.05) is 0 Å². The van der Waals surface area contributed by atoms with Gasteiger partial charge in [0.05, 0.1) is 39.2 Å². The van der Waals surface area contributed by atoms with Crippen LogP contribution in [-0.4, -0.2) is 63.7 Å². The molecular formula is C28H31Cl2F5N6O4. The van der Waals surface area contributed by atoms with E-state index in [0.29, 0.717) is 5.56 Å². The maximum Gasteiger partial charge on any atom is 0.391 e. The molecule has 2 amide bonds. The molecular weight excluding hydrogens is 650 g/mol. The monoisotopic (exact) mass is 680 g/mol. The number of nitrogens with zero attached hydrogens (tertiary/aromatic N) is 2. The normalized spacial score (nSPS) is 17.4. The zero-order chi connectivity index (χ0) is 33.1. The first-order valence-electron chi connectivity index (χ1n) is 13.9.